The van der Waals surface area contributed by atoms with Crippen molar-refractivity contribution in [3.8, 4) is 0 Å². The standard InChI is InChI=1S/C15H14F10O/c1-3-8(2)9-4-6-10(7-5-9)11(26,12(16,17)14(20,21)22)13(18,19)15(23,24)25/h4-8,26H,3H2,1-2H3. The van der Waals surface area contributed by atoms with Gasteiger partial charge >= 0.3 is 24.2 Å². The molecule has 1 atom stereocenters. The molecule has 0 saturated carbocycles. The average molecular weight is 400 g/mol. The van der Waals surface area contributed by atoms with Gasteiger partial charge in [-0.2, -0.15) is 43.9 Å². The van der Waals surface area contributed by atoms with Crippen LogP contribution in [-0.4, -0.2) is 29.3 Å². The summed E-state index contributed by atoms with van der Waals surface area (Å²) in [4.78, 5) is 0. The van der Waals surface area contributed by atoms with Crippen molar-refractivity contribution in [1.29, 1.82) is 0 Å². The van der Waals surface area contributed by atoms with Gasteiger partial charge in [0.2, 0.25) is 5.60 Å². The van der Waals surface area contributed by atoms with E-state index in [-0.39, 0.29) is 18.1 Å². The van der Waals surface area contributed by atoms with Crippen LogP contribution >= 0.6 is 0 Å². The third-order valence-corrected chi connectivity index (χ3v) is 4.13. The normalized spacial score (nSPS) is 15.9. The molecular weight excluding hydrogens is 386 g/mol. The van der Waals surface area contributed by atoms with Crippen LogP contribution < -0.4 is 0 Å². The summed E-state index contributed by atoms with van der Waals surface area (Å²) in [7, 11) is 0. The topological polar surface area (TPSA) is 20.2 Å². The fourth-order valence-corrected chi connectivity index (χ4v) is 2.26. The smallest absolute Gasteiger partial charge is 0.373 e. The molecule has 1 N–H and O–H groups in total. The van der Waals surface area contributed by atoms with Crippen molar-refractivity contribution in [3.05, 3.63) is 35.4 Å². The molecule has 1 nitrogen and oxygen atoms in total. The van der Waals surface area contributed by atoms with Crippen LogP contribution in [-0.2, 0) is 5.60 Å². The van der Waals surface area contributed by atoms with Gasteiger partial charge in [-0.1, -0.05) is 38.1 Å². The van der Waals surface area contributed by atoms with Gasteiger partial charge in [-0.25, -0.2) is 0 Å². The maximum atomic E-state index is 13.7. The highest BCUT2D eigenvalue weighted by atomic mass is 19.4. The molecule has 0 amide bonds. The summed E-state index contributed by atoms with van der Waals surface area (Å²) in [5.41, 5.74) is -7.50. The second-order valence-corrected chi connectivity index (χ2v) is 5.79. The molecule has 150 valence electrons. The first-order chi connectivity index (χ1) is 11.4. The minimum absolute atomic E-state index is 0.209. The van der Waals surface area contributed by atoms with Crippen molar-refractivity contribution in [3.63, 3.8) is 0 Å². The minimum Gasteiger partial charge on any atom is -0.373 e. The molecule has 0 aromatic heterocycles. The Morgan fingerprint density at radius 3 is 1.38 bits per heavy atom. The molecule has 0 fully saturated rings. The van der Waals surface area contributed by atoms with Crippen LogP contribution in [0.25, 0.3) is 0 Å². The highest BCUT2D eigenvalue weighted by Crippen LogP contribution is 2.59. The Labute approximate surface area is 141 Å². The maximum Gasteiger partial charge on any atom is 0.457 e. The zero-order valence-electron chi connectivity index (χ0n) is 13.3. The monoisotopic (exact) mass is 400 g/mol. The molecule has 0 aliphatic rings. The van der Waals surface area contributed by atoms with Gasteiger partial charge in [-0.05, 0) is 23.5 Å². The lowest BCUT2D eigenvalue weighted by atomic mass is 9.79. The predicted molar refractivity (Wildman–Crippen MR) is 71.0 cm³/mol. The van der Waals surface area contributed by atoms with E-state index in [9.17, 15) is 49.0 Å². The highest BCUT2D eigenvalue weighted by molar-refractivity contribution is 5.34. The van der Waals surface area contributed by atoms with Crippen LogP contribution in [0.5, 0.6) is 0 Å². The van der Waals surface area contributed by atoms with Gasteiger partial charge in [0.1, 0.15) is 0 Å². The Bertz CT molecular complexity index is 589. The third-order valence-electron chi connectivity index (χ3n) is 4.13. The second kappa shape index (κ2) is 6.58. The highest BCUT2D eigenvalue weighted by Gasteiger charge is 2.85. The molecule has 0 saturated heterocycles. The lowest BCUT2D eigenvalue weighted by Gasteiger charge is -2.42. The third kappa shape index (κ3) is 3.25. The van der Waals surface area contributed by atoms with Gasteiger partial charge in [-0.3, -0.25) is 0 Å². The number of rotatable bonds is 5. The molecule has 1 rings (SSSR count). The average Bonchev–Trinajstić information content (AvgIpc) is 2.50. The Hall–Kier alpha value is -1.52. The molecule has 0 spiro atoms. The first-order valence-corrected chi connectivity index (χ1v) is 7.17. The van der Waals surface area contributed by atoms with E-state index < -0.39 is 35.4 Å². The molecule has 1 aromatic rings. The van der Waals surface area contributed by atoms with Crippen LogP contribution in [0.1, 0.15) is 37.3 Å². The van der Waals surface area contributed by atoms with E-state index in [1.54, 1.807) is 13.8 Å². The van der Waals surface area contributed by atoms with Crippen LogP contribution in [0.2, 0.25) is 0 Å². The number of hydrogen-bond acceptors (Lipinski definition) is 1. The summed E-state index contributed by atoms with van der Waals surface area (Å²) < 4.78 is 130. The van der Waals surface area contributed by atoms with Gasteiger partial charge < -0.3 is 5.11 Å². The van der Waals surface area contributed by atoms with Crippen molar-refractivity contribution in [2.24, 2.45) is 0 Å². The predicted octanol–water partition coefficient (Wildman–Crippen LogP) is 5.78. The summed E-state index contributed by atoms with van der Waals surface area (Å²) in [5.74, 6) is -13.9. The fourth-order valence-electron chi connectivity index (χ4n) is 2.26. The molecule has 0 aliphatic carbocycles. The van der Waals surface area contributed by atoms with Crippen molar-refractivity contribution in [1.82, 2.24) is 0 Å². The Morgan fingerprint density at radius 1 is 0.769 bits per heavy atom. The molecule has 0 aliphatic heterocycles. The Balaban J connectivity index is 3.73. The Morgan fingerprint density at radius 2 is 1.12 bits per heavy atom. The SMILES string of the molecule is CCC(C)c1ccc(C(O)(C(F)(F)C(F)(F)F)C(F)(F)C(F)(F)F)cc1. The zero-order valence-corrected chi connectivity index (χ0v) is 13.3. The van der Waals surface area contributed by atoms with Crippen LogP contribution in [0.15, 0.2) is 24.3 Å². The summed E-state index contributed by atoms with van der Waals surface area (Å²) in [6, 6.07) is 2.04. The number of benzene rings is 1. The number of hydrogen-bond donors (Lipinski definition) is 1. The van der Waals surface area contributed by atoms with Gasteiger partial charge in [0.05, 0.1) is 0 Å². The quantitative estimate of drug-likeness (QED) is 0.621. The molecule has 0 heterocycles. The van der Waals surface area contributed by atoms with Crippen molar-refractivity contribution in [2.75, 3.05) is 0 Å². The van der Waals surface area contributed by atoms with Gasteiger partial charge in [0.25, 0.3) is 0 Å². The van der Waals surface area contributed by atoms with Crippen LogP contribution in [0, 0.1) is 0 Å². The lowest BCUT2D eigenvalue weighted by Crippen LogP contribution is -2.67. The molecule has 0 radical (unpaired) electrons. The molecule has 11 heteroatoms. The van der Waals surface area contributed by atoms with Crippen molar-refractivity contribution < 1.29 is 49.0 Å². The van der Waals surface area contributed by atoms with E-state index in [1.165, 1.54) is 0 Å². The van der Waals surface area contributed by atoms with E-state index in [4.69, 9.17) is 0 Å². The summed E-state index contributed by atoms with van der Waals surface area (Å²) in [5, 5.41) is 9.56. The van der Waals surface area contributed by atoms with Crippen LogP contribution in [0.3, 0.4) is 0 Å². The molecule has 1 aromatic carbocycles. The first-order valence-electron chi connectivity index (χ1n) is 7.17. The lowest BCUT2D eigenvalue weighted by molar-refractivity contribution is -0.429. The Kier molecular flexibility index (Phi) is 5.70. The molecular formula is C15H14F10O. The van der Waals surface area contributed by atoms with E-state index in [2.05, 4.69) is 0 Å². The summed E-state index contributed by atoms with van der Waals surface area (Å²) in [6.07, 6.45) is -13.3. The van der Waals surface area contributed by atoms with Crippen molar-refractivity contribution in [2.45, 2.75) is 56.0 Å². The summed E-state index contributed by atoms with van der Waals surface area (Å²) in [6.45, 7) is 3.29. The summed E-state index contributed by atoms with van der Waals surface area (Å²) >= 11 is 0. The molecule has 26 heavy (non-hydrogen) atoms. The van der Waals surface area contributed by atoms with E-state index in [1.807, 2.05) is 0 Å². The molecule has 0 bridgehead atoms. The molecule has 1 unspecified atom stereocenters. The largest absolute Gasteiger partial charge is 0.457 e. The van der Waals surface area contributed by atoms with E-state index in [0.29, 0.717) is 12.0 Å². The fraction of sp³-hybridized carbons (Fsp3) is 0.600. The van der Waals surface area contributed by atoms with Gasteiger partial charge in [0.15, 0.2) is 0 Å². The maximum absolute atomic E-state index is 13.7. The zero-order chi connectivity index (χ0) is 20.8. The second-order valence-electron chi connectivity index (χ2n) is 5.79. The number of aliphatic hydroxyl groups is 1. The van der Waals surface area contributed by atoms with E-state index in [0.717, 1.165) is 12.1 Å². The van der Waals surface area contributed by atoms with Gasteiger partial charge in [0, 0.05) is 0 Å². The van der Waals surface area contributed by atoms with Crippen molar-refractivity contribution >= 4 is 0 Å². The van der Waals surface area contributed by atoms with E-state index >= 15 is 0 Å². The minimum atomic E-state index is -6.87. The van der Waals surface area contributed by atoms with Crippen LogP contribution in [0.4, 0.5) is 43.9 Å². The number of halogens is 10. The van der Waals surface area contributed by atoms with Gasteiger partial charge in [-0.15, -0.1) is 0 Å². The first kappa shape index (κ1) is 22.5. The number of alkyl halides is 10.